The van der Waals surface area contributed by atoms with Gasteiger partial charge in [-0.15, -0.1) is 0 Å². The summed E-state index contributed by atoms with van der Waals surface area (Å²) in [7, 11) is 1.38. The van der Waals surface area contributed by atoms with Crippen LogP contribution in [0.3, 0.4) is 0 Å². The molecule has 3 aromatic rings. The summed E-state index contributed by atoms with van der Waals surface area (Å²) in [5.74, 6) is -0.0340. The molecule has 2 aromatic carbocycles. The molecular formula is C21H20ClN3O4. The summed E-state index contributed by atoms with van der Waals surface area (Å²) in [6, 6.07) is 16.0. The number of rotatable bonds is 6. The summed E-state index contributed by atoms with van der Waals surface area (Å²) >= 11 is 5.82. The van der Waals surface area contributed by atoms with Crippen LogP contribution in [0.1, 0.15) is 11.3 Å². The Bertz CT molecular complexity index is 1140. The Morgan fingerprint density at radius 3 is 2.38 bits per heavy atom. The predicted molar refractivity (Wildman–Crippen MR) is 112 cm³/mol. The number of halogens is 1. The number of aromatic nitrogens is 2. The van der Waals surface area contributed by atoms with Gasteiger partial charge in [0, 0.05) is 17.8 Å². The van der Waals surface area contributed by atoms with E-state index in [1.807, 2.05) is 30.3 Å². The second-order valence-electron chi connectivity index (χ2n) is 6.47. The minimum atomic E-state index is -0.573. The third-order valence-electron chi connectivity index (χ3n) is 4.43. The van der Waals surface area contributed by atoms with Gasteiger partial charge in [-0.3, -0.25) is 18.7 Å². The average molecular weight is 414 g/mol. The van der Waals surface area contributed by atoms with E-state index < -0.39 is 17.2 Å². The molecule has 1 N–H and O–H groups in total. The summed E-state index contributed by atoms with van der Waals surface area (Å²) in [6.07, 6.45) is 0. The van der Waals surface area contributed by atoms with Crippen LogP contribution in [0.2, 0.25) is 5.02 Å². The van der Waals surface area contributed by atoms with Crippen molar-refractivity contribution in [3.8, 4) is 5.75 Å². The van der Waals surface area contributed by atoms with Gasteiger partial charge in [-0.2, -0.15) is 0 Å². The van der Waals surface area contributed by atoms with Gasteiger partial charge in [-0.05, 0) is 36.8 Å². The lowest BCUT2D eigenvalue weighted by Crippen LogP contribution is -2.42. The molecule has 150 valence electrons. The summed E-state index contributed by atoms with van der Waals surface area (Å²) < 4.78 is 7.84. The fourth-order valence-corrected chi connectivity index (χ4v) is 2.95. The van der Waals surface area contributed by atoms with Gasteiger partial charge >= 0.3 is 5.69 Å². The maximum absolute atomic E-state index is 12.6. The van der Waals surface area contributed by atoms with Gasteiger partial charge in [0.25, 0.3) is 11.5 Å². The number of ether oxygens (including phenoxy) is 1. The van der Waals surface area contributed by atoms with E-state index in [2.05, 4.69) is 5.32 Å². The lowest BCUT2D eigenvalue weighted by atomic mass is 10.2. The second kappa shape index (κ2) is 8.79. The number of amides is 1. The van der Waals surface area contributed by atoms with E-state index in [0.717, 1.165) is 10.1 Å². The molecule has 0 aliphatic carbocycles. The Labute approximate surface area is 172 Å². The molecule has 3 rings (SSSR count). The van der Waals surface area contributed by atoms with Crippen molar-refractivity contribution in [3.05, 3.63) is 91.7 Å². The molecule has 1 amide bonds. The highest BCUT2D eigenvalue weighted by molar-refractivity contribution is 6.30. The van der Waals surface area contributed by atoms with E-state index >= 15 is 0 Å². The number of nitrogens with zero attached hydrogens (tertiary/aromatic N) is 2. The van der Waals surface area contributed by atoms with Crippen molar-refractivity contribution in [1.29, 1.82) is 0 Å². The number of hydrogen-bond acceptors (Lipinski definition) is 4. The van der Waals surface area contributed by atoms with E-state index in [1.54, 1.807) is 31.2 Å². The Morgan fingerprint density at radius 2 is 1.72 bits per heavy atom. The van der Waals surface area contributed by atoms with Gasteiger partial charge < -0.3 is 10.1 Å². The van der Waals surface area contributed by atoms with Gasteiger partial charge in [-0.1, -0.05) is 41.9 Å². The normalized spacial score (nSPS) is 10.6. The fourth-order valence-electron chi connectivity index (χ4n) is 2.82. The molecule has 0 spiro atoms. The van der Waals surface area contributed by atoms with E-state index in [4.69, 9.17) is 16.3 Å². The predicted octanol–water partition coefficient (Wildman–Crippen LogP) is 2.57. The molecule has 0 radical (unpaired) electrons. The quantitative estimate of drug-likeness (QED) is 0.673. The molecule has 0 atom stereocenters. The highest BCUT2D eigenvalue weighted by atomic mass is 35.5. The van der Waals surface area contributed by atoms with E-state index in [1.165, 1.54) is 11.6 Å². The standard InChI is InChI=1S/C21H20ClN3O4/c1-14-19(23-18(26)13-29-17-10-8-16(22)9-11-17)20(27)24(2)21(28)25(14)12-15-6-4-3-5-7-15/h3-11H,12-13H2,1-2H3,(H,23,26). The Hall–Kier alpha value is -3.32. The highest BCUT2D eigenvalue weighted by Crippen LogP contribution is 2.15. The molecule has 0 aliphatic heterocycles. The van der Waals surface area contributed by atoms with E-state index in [0.29, 0.717) is 16.5 Å². The van der Waals surface area contributed by atoms with Crippen molar-refractivity contribution in [3.63, 3.8) is 0 Å². The second-order valence-corrected chi connectivity index (χ2v) is 6.91. The average Bonchev–Trinajstić information content (AvgIpc) is 2.73. The first-order valence-electron chi connectivity index (χ1n) is 8.89. The molecule has 0 saturated heterocycles. The van der Waals surface area contributed by atoms with Crippen molar-refractivity contribution in [1.82, 2.24) is 9.13 Å². The van der Waals surface area contributed by atoms with Crippen LogP contribution in [0.25, 0.3) is 0 Å². The molecule has 8 heteroatoms. The lowest BCUT2D eigenvalue weighted by molar-refractivity contribution is -0.118. The highest BCUT2D eigenvalue weighted by Gasteiger charge is 2.17. The first-order valence-corrected chi connectivity index (χ1v) is 9.27. The SMILES string of the molecule is Cc1c(NC(=O)COc2ccc(Cl)cc2)c(=O)n(C)c(=O)n1Cc1ccccc1. The van der Waals surface area contributed by atoms with Crippen LogP contribution in [-0.2, 0) is 18.4 Å². The lowest BCUT2D eigenvalue weighted by Gasteiger charge is -2.16. The number of anilines is 1. The van der Waals surface area contributed by atoms with Crippen LogP contribution in [-0.4, -0.2) is 21.6 Å². The molecule has 1 heterocycles. The first kappa shape index (κ1) is 20.4. The van der Waals surface area contributed by atoms with Crippen molar-refractivity contribution in [2.45, 2.75) is 13.5 Å². The minimum Gasteiger partial charge on any atom is -0.484 e. The summed E-state index contributed by atoms with van der Waals surface area (Å²) in [4.78, 5) is 37.4. The topological polar surface area (TPSA) is 82.3 Å². The van der Waals surface area contributed by atoms with Crippen molar-refractivity contribution in [2.24, 2.45) is 7.05 Å². The Balaban J connectivity index is 1.82. The maximum atomic E-state index is 12.6. The van der Waals surface area contributed by atoms with Gasteiger partial charge in [0.1, 0.15) is 11.4 Å². The molecule has 0 aliphatic rings. The van der Waals surface area contributed by atoms with Gasteiger partial charge in [0.2, 0.25) is 0 Å². The maximum Gasteiger partial charge on any atom is 0.331 e. The summed E-state index contributed by atoms with van der Waals surface area (Å²) in [6.45, 7) is 1.62. The van der Waals surface area contributed by atoms with Crippen LogP contribution in [0.15, 0.2) is 64.2 Å². The molecule has 29 heavy (non-hydrogen) atoms. The van der Waals surface area contributed by atoms with Crippen LogP contribution in [0, 0.1) is 6.92 Å². The molecule has 0 fully saturated rings. The Kier molecular flexibility index (Phi) is 6.19. The fraction of sp³-hybridized carbons (Fsp3) is 0.190. The van der Waals surface area contributed by atoms with Crippen molar-refractivity contribution in [2.75, 3.05) is 11.9 Å². The van der Waals surface area contributed by atoms with Crippen LogP contribution >= 0.6 is 11.6 Å². The number of carbonyl (C=O) groups excluding carboxylic acids is 1. The minimum absolute atomic E-state index is 0.0488. The molecule has 1 aromatic heterocycles. The van der Waals surface area contributed by atoms with Crippen molar-refractivity contribution >= 4 is 23.2 Å². The third-order valence-corrected chi connectivity index (χ3v) is 4.69. The summed E-state index contributed by atoms with van der Waals surface area (Å²) in [5, 5.41) is 3.13. The van der Waals surface area contributed by atoms with E-state index in [-0.39, 0.29) is 18.8 Å². The molecule has 0 bridgehead atoms. The zero-order chi connectivity index (χ0) is 21.0. The molecule has 0 unspecified atom stereocenters. The Morgan fingerprint density at radius 1 is 1.07 bits per heavy atom. The molecule has 7 nitrogen and oxygen atoms in total. The number of carbonyl (C=O) groups is 1. The number of hydrogen-bond donors (Lipinski definition) is 1. The molecule has 0 saturated carbocycles. The zero-order valence-corrected chi connectivity index (χ0v) is 16.8. The smallest absolute Gasteiger partial charge is 0.331 e. The molecular weight excluding hydrogens is 394 g/mol. The summed E-state index contributed by atoms with van der Waals surface area (Å²) in [5.41, 5.74) is 0.303. The van der Waals surface area contributed by atoms with Crippen LogP contribution in [0.4, 0.5) is 5.69 Å². The van der Waals surface area contributed by atoms with Gasteiger partial charge in [0.05, 0.1) is 6.54 Å². The number of benzene rings is 2. The van der Waals surface area contributed by atoms with Crippen LogP contribution in [0.5, 0.6) is 5.75 Å². The number of nitrogens with one attached hydrogen (secondary N) is 1. The third kappa shape index (κ3) is 4.75. The van der Waals surface area contributed by atoms with Gasteiger partial charge in [-0.25, -0.2) is 4.79 Å². The van der Waals surface area contributed by atoms with Gasteiger partial charge in [0.15, 0.2) is 6.61 Å². The van der Waals surface area contributed by atoms with Crippen LogP contribution < -0.4 is 21.3 Å². The largest absolute Gasteiger partial charge is 0.484 e. The first-order chi connectivity index (χ1) is 13.9. The van der Waals surface area contributed by atoms with E-state index in [9.17, 15) is 14.4 Å². The zero-order valence-electron chi connectivity index (χ0n) is 16.0. The van der Waals surface area contributed by atoms with Crippen molar-refractivity contribution < 1.29 is 9.53 Å². The monoisotopic (exact) mass is 413 g/mol.